The molecule has 0 fully saturated rings. The third kappa shape index (κ3) is 3.87. The van der Waals surface area contributed by atoms with Gasteiger partial charge in [0.25, 0.3) is 0 Å². The maximum absolute atomic E-state index is 9.72. The number of hydrogen-bond donors (Lipinski definition) is 1. The quantitative estimate of drug-likeness (QED) is 0.470. The molecule has 0 spiro atoms. The third-order valence-corrected chi connectivity index (χ3v) is 5.02. The van der Waals surface area contributed by atoms with Crippen molar-refractivity contribution in [3.63, 3.8) is 0 Å². The Morgan fingerprint density at radius 1 is 0.867 bits per heavy atom. The van der Waals surface area contributed by atoms with Crippen LogP contribution >= 0.6 is 0 Å². The molecule has 4 aromatic rings. The molecule has 1 aromatic heterocycles. The molecule has 30 heavy (non-hydrogen) atoms. The molecule has 0 atom stereocenters. The van der Waals surface area contributed by atoms with Crippen LogP contribution in [0.3, 0.4) is 0 Å². The number of rotatable bonds is 5. The van der Waals surface area contributed by atoms with Crippen LogP contribution < -0.4 is 10.5 Å². The lowest BCUT2D eigenvalue weighted by Crippen LogP contribution is -2.03. The molecular weight excluding hydrogens is 370 g/mol. The van der Waals surface area contributed by atoms with Crippen LogP contribution in [0.2, 0.25) is 0 Å². The van der Waals surface area contributed by atoms with E-state index in [0.29, 0.717) is 12.2 Å². The number of nitriles is 1. The van der Waals surface area contributed by atoms with Crippen LogP contribution in [0.15, 0.2) is 84.9 Å². The van der Waals surface area contributed by atoms with Crippen LogP contribution in [0.4, 0.5) is 5.82 Å². The summed E-state index contributed by atoms with van der Waals surface area (Å²) < 4.78 is 5.88. The summed E-state index contributed by atoms with van der Waals surface area (Å²) in [6.07, 6.45) is 0. The molecule has 0 unspecified atom stereocenters. The number of nitrogens with zero attached hydrogens (tertiary/aromatic N) is 2. The van der Waals surface area contributed by atoms with Crippen LogP contribution in [-0.4, -0.2) is 4.98 Å². The van der Waals surface area contributed by atoms with Crippen molar-refractivity contribution in [2.45, 2.75) is 13.5 Å². The highest BCUT2D eigenvalue weighted by molar-refractivity contribution is 5.84. The Kier molecular flexibility index (Phi) is 5.45. The highest BCUT2D eigenvalue weighted by Crippen LogP contribution is 2.36. The predicted molar refractivity (Wildman–Crippen MR) is 120 cm³/mol. The van der Waals surface area contributed by atoms with Crippen molar-refractivity contribution in [3.05, 3.63) is 102 Å². The summed E-state index contributed by atoms with van der Waals surface area (Å²) in [5.41, 5.74) is 12.0. The lowest BCUT2D eigenvalue weighted by atomic mass is 9.93. The van der Waals surface area contributed by atoms with Crippen LogP contribution in [0, 0.1) is 18.3 Å². The Morgan fingerprint density at radius 2 is 1.50 bits per heavy atom. The summed E-state index contributed by atoms with van der Waals surface area (Å²) >= 11 is 0. The average molecular weight is 391 g/mol. The topological polar surface area (TPSA) is 71.9 Å². The highest BCUT2D eigenvalue weighted by Gasteiger charge is 2.18. The summed E-state index contributed by atoms with van der Waals surface area (Å²) in [6, 6.07) is 29.9. The van der Waals surface area contributed by atoms with E-state index in [2.05, 4.69) is 11.1 Å². The number of nitrogens with two attached hydrogens (primary N) is 1. The first-order valence-corrected chi connectivity index (χ1v) is 9.70. The van der Waals surface area contributed by atoms with Gasteiger partial charge in [-0.3, -0.25) is 0 Å². The zero-order valence-electron chi connectivity index (χ0n) is 16.7. The Balaban J connectivity index is 1.69. The smallest absolute Gasteiger partial charge is 0.142 e. The number of benzene rings is 3. The number of anilines is 1. The first kappa shape index (κ1) is 19.2. The monoisotopic (exact) mass is 391 g/mol. The highest BCUT2D eigenvalue weighted by atomic mass is 16.5. The Morgan fingerprint density at radius 3 is 2.13 bits per heavy atom. The van der Waals surface area contributed by atoms with Crippen molar-refractivity contribution < 1.29 is 4.74 Å². The third-order valence-electron chi connectivity index (χ3n) is 5.02. The second-order valence-electron chi connectivity index (χ2n) is 7.00. The Labute approximate surface area is 176 Å². The summed E-state index contributed by atoms with van der Waals surface area (Å²) in [4.78, 5) is 4.51. The van der Waals surface area contributed by atoms with Crippen LogP contribution in [-0.2, 0) is 6.61 Å². The SMILES string of the molecule is Cc1c(-c2ccccc2)nc(N)c(C#N)c1-c1ccc(OCc2ccccc2)cc1. The first-order valence-electron chi connectivity index (χ1n) is 9.70. The summed E-state index contributed by atoms with van der Waals surface area (Å²) in [6.45, 7) is 2.48. The molecule has 0 aliphatic rings. The van der Waals surface area contributed by atoms with Crippen LogP contribution in [0.1, 0.15) is 16.7 Å². The lowest BCUT2D eigenvalue weighted by molar-refractivity contribution is 0.306. The fraction of sp³-hybridized carbons (Fsp3) is 0.0769. The van der Waals surface area contributed by atoms with E-state index in [-0.39, 0.29) is 5.82 Å². The van der Waals surface area contributed by atoms with Gasteiger partial charge in [-0.2, -0.15) is 5.26 Å². The molecular formula is C26H21N3O. The second kappa shape index (κ2) is 8.50. The van der Waals surface area contributed by atoms with E-state index >= 15 is 0 Å². The summed E-state index contributed by atoms with van der Waals surface area (Å²) in [5, 5.41) is 9.72. The van der Waals surface area contributed by atoms with Crippen molar-refractivity contribution in [2.75, 3.05) is 5.73 Å². The van der Waals surface area contributed by atoms with Crippen molar-refractivity contribution in [2.24, 2.45) is 0 Å². The van der Waals surface area contributed by atoms with Gasteiger partial charge in [0, 0.05) is 11.1 Å². The van der Waals surface area contributed by atoms with Crippen molar-refractivity contribution in [3.8, 4) is 34.2 Å². The fourth-order valence-corrected chi connectivity index (χ4v) is 3.50. The molecule has 3 aromatic carbocycles. The largest absolute Gasteiger partial charge is 0.489 e. The van der Waals surface area contributed by atoms with Gasteiger partial charge < -0.3 is 10.5 Å². The zero-order valence-corrected chi connectivity index (χ0v) is 16.7. The van der Waals surface area contributed by atoms with Gasteiger partial charge in [0.15, 0.2) is 0 Å². The maximum atomic E-state index is 9.72. The van der Waals surface area contributed by atoms with Gasteiger partial charge in [0.05, 0.1) is 5.69 Å². The lowest BCUT2D eigenvalue weighted by Gasteiger charge is -2.15. The Bertz CT molecular complexity index is 1200. The van der Waals surface area contributed by atoms with Gasteiger partial charge in [0.2, 0.25) is 0 Å². The van der Waals surface area contributed by atoms with E-state index in [1.165, 1.54) is 0 Å². The fourth-order valence-electron chi connectivity index (χ4n) is 3.50. The van der Waals surface area contributed by atoms with Crippen molar-refractivity contribution in [1.29, 1.82) is 5.26 Å². The van der Waals surface area contributed by atoms with Gasteiger partial charge >= 0.3 is 0 Å². The van der Waals surface area contributed by atoms with Crippen molar-refractivity contribution >= 4 is 5.82 Å². The van der Waals surface area contributed by atoms with Gasteiger partial charge in [0.1, 0.15) is 29.8 Å². The molecule has 4 nitrogen and oxygen atoms in total. The molecule has 0 aliphatic heterocycles. The molecule has 4 heteroatoms. The molecule has 1 heterocycles. The van der Waals surface area contributed by atoms with Gasteiger partial charge in [-0.15, -0.1) is 0 Å². The molecule has 4 rings (SSSR count). The molecule has 146 valence electrons. The van der Waals surface area contributed by atoms with E-state index < -0.39 is 0 Å². The van der Waals surface area contributed by atoms with Gasteiger partial charge in [-0.1, -0.05) is 72.8 Å². The number of nitrogen functional groups attached to an aromatic ring is 1. The van der Waals surface area contributed by atoms with E-state index in [9.17, 15) is 5.26 Å². The van der Waals surface area contributed by atoms with E-state index in [1.807, 2.05) is 91.9 Å². The minimum absolute atomic E-state index is 0.237. The van der Waals surface area contributed by atoms with Crippen molar-refractivity contribution in [1.82, 2.24) is 4.98 Å². The van der Waals surface area contributed by atoms with E-state index in [1.54, 1.807) is 0 Å². The van der Waals surface area contributed by atoms with E-state index in [4.69, 9.17) is 10.5 Å². The van der Waals surface area contributed by atoms with E-state index in [0.717, 1.165) is 39.3 Å². The standard InChI is InChI=1S/C26H21N3O/c1-18-24(23(16-27)26(28)29-25(18)21-10-6-3-7-11-21)20-12-14-22(15-13-20)30-17-19-8-4-2-5-9-19/h2-15H,17H2,1H3,(H2,28,29). The number of hydrogen-bond acceptors (Lipinski definition) is 4. The average Bonchev–Trinajstić information content (AvgIpc) is 2.80. The molecule has 0 amide bonds. The minimum Gasteiger partial charge on any atom is -0.489 e. The summed E-state index contributed by atoms with van der Waals surface area (Å²) in [5.74, 6) is 1.01. The number of aromatic nitrogens is 1. The molecule has 2 N–H and O–H groups in total. The van der Waals surface area contributed by atoms with Gasteiger partial charge in [-0.25, -0.2) is 4.98 Å². The minimum atomic E-state index is 0.237. The predicted octanol–water partition coefficient (Wildman–Crippen LogP) is 5.76. The number of ether oxygens (including phenoxy) is 1. The molecule has 0 radical (unpaired) electrons. The maximum Gasteiger partial charge on any atom is 0.142 e. The van der Waals surface area contributed by atoms with Crippen LogP contribution in [0.25, 0.3) is 22.4 Å². The first-order chi connectivity index (χ1) is 14.7. The van der Waals surface area contributed by atoms with Gasteiger partial charge in [-0.05, 0) is 35.7 Å². The Hall–Kier alpha value is -4.10. The molecule has 0 saturated carbocycles. The molecule has 0 aliphatic carbocycles. The zero-order chi connectivity index (χ0) is 20.9. The molecule has 0 saturated heterocycles. The number of pyridine rings is 1. The van der Waals surface area contributed by atoms with Crippen LogP contribution in [0.5, 0.6) is 5.75 Å². The summed E-state index contributed by atoms with van der Waals surface area (Å²) in [7, 11) is 0. The second-order valence-corrected chi connectivity index (χ2v) is 7.00. The molecule has 0 bridgehead atoms. The normalized spacial score (nSPS) is 10.4.